The molecule has 10 nitrogen and oxygen atoms in total. The van der Waals surface area contributed by atoms with Gasteiger partial charge < -0.3 is 20.1 Å². The van der Waals surface area contributed by atoms with E-state index in [9.17, 15) is 4.79 Å². The summed E-state index contributed by atoms with van der Waals surface area (Å²) < 4.78 is 2.01. The van der Waals surface area contributed by atoms with Gasteiger partial charge in [-0.15, -0.1) is 0 Å². The molecule has 1 unspecified atom stereocenters. The van der Waals surface area contributed by atoms with Crippen molar-refractivity contribution in [3.63, 3.8) is 0 Å². The minimum absolute atomic E-state index is 0.136. The van der Waals surface area contributed by atoms with E-state index in [-0.39, 0.29) is 18.9 Å². The third-order valence-corrected chi connectivity index (χ3v) is 5.37. The summed E-state index contributed by atoms with van der Waals surface area (Å²) >= 11 is 0. The molecule has 1 saturated carbocycles. The van der Waals surface area contributed by atoms with E-state index < -0.39 is 5.54 Å². The number of imidazole rings is 1. The Bertz CT molecular complexity index is 792. The van der Waals surface area contributed by atoms with E-state index >= 15 is 0 Å². The zero-order chi connectivity index (χ0) is 22.5. The second kappa shape index (κ2) is 12.4. The number of carbonyl (C=O) groups excluding carboxylic acids is 1. The highest BCUT2D eigenvalue weighted by Crippen LogP contribution is 2.32. The van der Waals surface area contributed by atoms with Crippen molar-refractivity contribution in [3.05, 3.63) is 48.8 Å². The first-order valence-electron chi connectivity index (χ1n) is 10.1. The maximum absolute atomic E-state index is 13.2. The van der Waals surface area contributed by atoms with Crippen molar-refractivity contribution in [1.29, 1.82) is 0 Å². The van der Waals surface area contributed by atoms with Crippen molar-refractivity contribution in [2.24, 2.45) is 5.92 Å². The summed E-state index contributed by atoms with van der Waals surface area (Å²) in [5.41, 5.74) is 0.672. The van der Waals surface area contributed by atoms with Gasteiger partial charge in [0.25, 0.3) is 12.9 Å². The Morgan fingerprint density at radius 3 is 2.42 bits per heavy atom. The summed E-state index contributed by atoms with van der Waals surface area (Å²) in [6, 6.07) is 4.08. The fraction of sp³-hybridized carbons (Fsp3) is 0.476. The van der Waals surface area contributed by atoms with Gasteiger partial charge in [0.15, 0.2) is 0 Å². The zero-order valence-corrected chi connectivity index (χ0v) is 17.3. The van der Waals surface area contributed by atoms with Crippen molar-refractivity contribution in [1.82, 2.24) is 24.8 Å². The first-order chi connectivity index (χ1) is 15.1. The second-order valence-electron chi connectivity index (χ2n) is 7.54. The summed E-state index contributed by atoms with van der Waals surface area (Å²) in [6.45, 7) is 2.87. The van der Waals surface area contributed by atoms with Gasteiger partial charge in [-0.1, -0.05) is 0 Å². The van der Waals surface area contributed by atoms with Gasteiger partial charge in [0.1, 0.15) is 5.54 Å². The van der Waals surface area contributed by atoms with Crippen LogP contribution < -0.4 is 5.32 Å². The molecule has 2 aliphatic rings. The van der Waals surface area contributed by atoms with Crippen LogP contribution in [0.3, 0.4) is 0 Å². The predicted octanol–water partition coefficient (Wildman–Crippen LogP) is 1.20. The fourth-order valence-electron chi connectivity index (χ4n) is 3.75. The summed E-state index contributed by atoms with van der Waals surface area (Å²) in [6.07, 6.45) is 13.5. The number of nitrogens with one attached hydrogen (secondary N) is 1. The van der Waals surface area contributed by atoms with Crippen LogP contribution in [0.4, 0.5) is 0 Å². The molecule has 31 heavy (non-hydrogen) atoms. The van der Waals surface area contributed by atoms with Crippen LogP contribution in [0.15, 0.2) is 43.2 Å². The molecule has 0 spiro atoms. The van der Waals surface area contributed by atoms with Crippen LogP contribution in [0.2, 0.25) is 0 Å². The summed E-state index contributed by atoms with van der Waals surface area (Å²) in [7, 11) is 0. The molecule has 0 aromatic carbocycles. The van der Waals surface area contributed by atoms with Gasteiger partial charge in [0.05, 0.1) is 6.33 Å². The van der Waals surface area contributed by atoms with Crippen LogP contribution in [-0.2, 0) is 26.5 Å². The fourth-order valence-corrected chi connectivity index (χ4v) is 3.75. The van der Waals surface area contributed by atoms with Gasteiger partial charge in [-0.3, -0.25) is 24.3 Å². The number of amides is 1. The molecule has 0 radical (unpaired) electrons. The molecule has 0 bridgehead atoms. The second-order valence-corrected chi connectivity index (χ2v) is 7.54. The Kier molecular flexibility index (Phi) is 9.63. The summed E-state index contributed by atoms with van der Waals surface area (Å²) in [5, 5.41) is 17.0. The number of carbonyl (C=O) groups is 3. The van der Waals surface area contributed by atoms with Gasteiger partial charge in [-0.25, -0.2) is 4.98 Å². The van der Waals surface area contributed by atoms with Crippen molar-refractivity contribution in [2.45, 2.75) is 37.8 Å². The van der Waals surface area contributed by atoms with E-state index in [0.717, 1.165) is 32.5 Å². The topological polar surface area (TPSA) is 138 Å². The quantitative estimate of drug-likeness (QED) is 0.580. The Morgan fingerprint density at radius 1 is 1.16 bits per heavy atom. The molecule has 1 atom stereocenters. The maximum Gasteiger partial charge on any atom is 0.290 e. The number of piperidine rings is 1. The van der Waals surface area contributed by atoms with E-state index in [1.807, 2.05) is 35.3 Å². The van der Waals surface area contributed by atoms with Crippen molar-refractivity contribution in [3.8, 4) is 0 Å². The molecular formula is C21H29N5O5. The van der Waals surface area contributed by atoms with Crippen LogP contribution in [0.5, 0.6) is 0 Å². The highest BCUT2D eigenvalue weighted by atomic mass is 16.3. The van der Waals surface area contributed by atoms with Crippen molar-refractivity contribution in [2.75, 3.05) is 19.6 Å². The highest BCUT2D eigenvalue weighted by Gasteiger charge is 2.44. The van der Waals surface area contributed by atoms with E-state index in [1.54, 1.807) is 12.5 Å². The first kappa shape index (κ1) is 24.0. The molecule has 2 aromatic heterocycles. The van der Waals surface area contributed by atoms with Gasteiger partial charge in [0, 0.05) is 44.4 Å². The highest BCUT2D eigenvalue weighted by molar-refractivity contribution is 5.85. The van der Waals surface area contributed by atoms with E-state index in [4.69, 9.17) is 19.8 Å². The van der Waals surface area contributed by atoms with E-state index in [2.05, 4.69) is 20.2 Å². The molecule has 1 saturated heterocycles. The lowest BCUT2D eigenvalue weighted by Gasteiger charge is -2.42. The molecule has 2 fully saturated rings. The Hall–Kier alpha value is -3.27. The molecule has 2 aromatic rings. The number of nitrogens with zero attached hydrogens (tertiary/aromatic N) is 4. The lowest BCUT2D eigenvalue weighted by atomic mass is 9.87. The third-order valence-electron chi connectivity index (χ3n) is 5.37. The number of pyridine rings is 1. The SMILES string of the molecule is O=C(NCC1CC1)C1(n2ccnc2)CCCN(Cc2ccncc2)C1.O=CO.O=CO. The number of likely N-dealkylation sites (tertiary alicyclic amines) is 1. The number of hydrogen-bond donors (Lipinski definition) is 3. The Morgan fingerprint density at radius 2 is 1.84 bits per heavy atom. The smallest absolute Gasteiger partial charge is 0.290 e. The molecule has 3 N–H and O–H groups in total. The zero-order valence-electron chi connectivity index (χ0n) is 17.3. The normalized spacial score (nSPS) is 20.3. The molecule has 168 valence electrons. The standard InChI is InChI=1S/C19H25N5O.2CH2O2/c25-18(22-12-16-2-3-16)19(24-11-9-21-15-24)6-1-10-23(14-19)13-17-4-7-20-8-5-17;2*2-1-3/h4-5,7-9,11,15-16H,1-3,6,10,12-14H2,(H,22,25);2*1H,(H,2,3). The molecule has 1 aliphatic carbocycles. The first-order valence-corrected chi connectivity index (χ1v) is 10.1. The van der Waals surface area contributed by atoms with E-state index in [0.29, 0.717) is 12.5 Å². The van der Waals surface area contributed by atoms with Crippen LogP contribution in [0, 0.1) is 5.92 Å². The largest absolute Gasteiger partial charge is 0.483 e. The molecule has 1 amide bonds. The van der Waals surface area contributed by atoms with Gasteiger partial charge in [0.2, 0.25) is 5.91 Å². The van der Waals surface area contributed by atoms with Crippen molar-refractivity contribution >= 4 is 18.9 Å². The van der Waals surface area contributed by atoms with Gasteiger partial charge in [-0.2, -0.15) is 0 Å². The molecule has 4 rings (SSSR count). The lowest BCUT2D eigenvalue weighted by Crippen LogP contribution is -2.58. The minimum atomic E-state index is -0.559. The van der Waals surface area contributed by atoms with Crippen molar-refractivity contribution < 1.29 is 24.6 Å². The lowest BCUT2D eigenvalue weighted by molar-refractivity contribution is -0.133. The molecular weight excluding hydrogens is 402 g/mol. The Balaban J connectivity index is 0.000000513. The minimum Gasteiger partial charge on any atom is -0.483 e. The predicted molar refractivity (Wildman–Crippen MR) is 112 cm³/mol. The number of carboxylic acid groups (broad SMARTS) is 2. The van der Waals surface area contributed by atoms with Crippen LogP contribution >= 0.6 is 0 Å². The average molecular weight is 431 g/mol. The van der Waals surface area contributed by atoms with E-state index in [1.165, 1.54) is 18.4 Å². The third kappa shape index (κ3) is 7.18. The van der Waals surface area contributed by atoms with Crippen LogP contribution in [0.25, 0.3) is 0 Å². The molecule has 10 heteroatoms. The number of aromatic nitrogens is 3. The average Bonchev–Trinajstić information content (AvgIpc) is 3.44. The van der Waals surface area contributed by atoms with Gasteiger partial charge >= 0.3 is 0 Å². The monoisotopic (exact) mass is 431 g/mol. The Labute approximate surface area is 180 Å². The number of hydrogen-bond acceptors (Lipinski definition) is 6. The summed E-state index contributed by atoms with van der Waals surface area (Å²) in [5.74, 6) is 0.817. The number of rotatable bonds is 6. The molecule has 3 heterocycles. The summed E-state index contributed by atoms with van der Waals surface area (Å²) in [4.78, 5) is 40.5. The van der Waals surface area contributed by atoms with Crippen LogP contribution in [-0.4, -0.2) is 68.1 Å². The maximum atomic E-state index is 13.2. The molecule has 1 aliphatic heterocycles. The van der Waals surface area contributed by atoms with Gasteiger partial charge in [-0.05, 0) is 55.8 Å². The van der Waals surface area contributed by atoms with Crippen LogP contribution in [0.1, 0.15) is 31.2 Å².